The summed E-state index contributed by atoms with van der Waals surface area (Å²) in [5.41, 5.74) is 0. The summed E-state index contributed by atoms with van der Waals surface area (Å²) in [6.07, 6.45) is 0.323. The second-order valence-corrected chi connectivity index (χ2v) is 2.20. The normalized spacial score (nSPS) is 10.9. The van der Waals surface area contributed by atoms with Gasteiger partial charge >= 0.3 is 0 Å². The third kappa shape index (κ3) is 7.41. The lowest BCUT2D eigenvalue weighted by molar-refractivity contribution is -0.174. The van der Waals surface area contributed by atoms with E-state index in [-0.39, 0.29) is 0 Å². The number of rotatable bonds is 3. The Labute approximate surface area is 54.9 Å². The number of ether oxygens (including phenoxy) is 1. The van der Waals surface area contributed by atoms with Gasteiger partial charge in [0.1, 0.15) is 0 Å². The molecule has 0 heterocycles. The Hall–Kier alpha value is -0.590. The van der Waals surface area contributed by atoms with Crippen LogP contribution in [0.4, 0.5) is 0 Å². The average molecular weight is 129 g/mol. The highest BCUT2D eigenvalue weighted by Gasteiger charge is 2.10. The van der Waals surface area contributed by atoms with Crippen molar-refractivity contribution in [3.05, 3.63) is 0 Å². The number of nitrogens with zero attached hydrogens (tertiary/aromatic N) is 1. The van der Waals surface area contributed by atoms with E-state index in [2.05, 4.69) is 0 Å². The van der Waals surface area contributed by atoms with Gasteiger partial charge in [0.2, 0.25) is 0 Å². The van der Waals surface area contributed by atoms with Crippen LogP contribution in [0.3, 0.4) is 0 Å². The van der Waals surface area contributed by atoms with Crippen LogP contribution in [0.5, 0.6) is 0 Å². The standard InChI is InChI=1S/C6H11NO2/c1-6(2,8)9-5-3-4-7/h8H,3,5H2,1-2H3. The molecule has 0 aromatic carbocycles. The van der Waals surface area contributed by atoms with E-state index >= 15 is 0 Å². The van der Waals surface area contributed by atoms with Gasteiger partial charge in [-0.05, 0) is 13.8 Å². The quantitative estimate of drug-likeness (QED) is 0.449. The summed E-state index contributed by atoms with van der Waals surface area (Å²) in [4.78, 5) is 0. The lowest BCUT2D eigenvalue weighted by Crippen LogP contribution is -2.23. The van der Waals surface area contributed by atoms with Gasteiger partial charge < -0.3 is 9.84 Å². The van der Waals surface area contributed by atoms with Crippen molar-refractivity contribution in [2.45, 2.75) is 26.1 Å². The second kappa shape index (κ2) is 3.44. The molecule has 0 aromatic heterocycles. The maximum atomic E-state index is 8.91. The molecule has 0 amide bonds. The van der Waals surface area contributed by atoms with Crippen molar-refractivity contribution in [3.8, 4) is 6.07 Å². The molecule has 0 rings (SSSR count). The molecule has 0 aromatic rings. The largest absolute Gasteiger partial charge is 0.366 e. The number of hydrogen-bond donors (Lipinski definition) is 1. The zero-order valence-corrected chi connectivity index (χ0v) is 5.72. The molecule has 52 valence electrons. The summed E-state index contributed by atoms with van der Waals surface area (Å²) in [6, 6.07) is 1.90. The zero-order chi connectivity index (χ0) is 7.33. The highest BCUT2D eigenvalue weighted by molar-refractivity contribution is 4.67. The van der Waals surface area contributed by atoms with Crippen LogP contribution in [-0.2, 0) is 4.74 Å². The molecule has 0 aliphatic rings. The fourth-order valence-corrected chi connectivity index (χ4v) is 0.346. The highest BCUT2D eigenvalue weighted by atomic mass is 16.6. The minimum Gasteiger partial charge on any atom is -0.366 e. The molecule has 0 radical (unpaired) electrons. The van der Waals surface area contributed by atoms with E-state index in [1.807, 2.05) is 6.07 Å². The van der Waals surface area contributed by atoms with Crippen LogP contribution in [0, 0.1) is 11.3 Å². The molecular weight excluding hydrogens is 118 g/mol. The molecule has 0 spiro atoms. The first-order valence-electron chi connectivity index (χ1n) is 2.79. The molecule has 0 bridgehead atoms. The van der Waals surface area contributed by atoms with Crippen molar-refractivity contribution < 1.29 is 9.84 Å². The Kier molecular flexibility index (Phi) is 3.21. The number of aliphatic hydroxyl groups is 1. The van der Waals surface area contributed by atoms with E-state index in [4.69, 9.17) is 15.1 Å². The SMILES string of the molecule is CC(C)(O)OCCC#N. The molecule has 3 heteroatoms. The van der Waals surface area contributed by atoms with Crippen molar-refractivity contribution in [2.24, 2.45) is 0 Å². The van der Waals surface area contributed by atoms with Crippen LogP contribution in [0.15, 0.2) is 0 Å². The summed E-state index contributed by atoms with van der Waals surface area (Å²) in [5.74, 6) is -1.10. The Bertz CT molecular complexity index is 109. The molecule has 0 saturated carbocycles. The number of hydrogen-bond acceptors (Lipinski definition) is 3. The summed E-state index contributed by atoms with van der Waals surface area (Å²) < 4.78 is 4.80. The first-order valence-corrected chi connectivity index (χ1v) is 2.79. The summed E-state index contributed by atoms with van der Waals surface area (Å²) >= 11 is 0. The maximum Gasteiger partial charge on any atom is 0.159 e. The third-order valence-electron chi connectivity index (χ3n) is 0.669. The van der Waals surface area contributed by atoms with Gasteiger partial charge in [0, 0.05) is 0 Å². The Balaban J connectivity index is 3.20. The summed E-state index contributed by atoms with van der Waals surface area (Å²) in [7, 11) is 0. The van der Waals surface area contributed by atoms with Gasteiger partial charge in [0.15, 0.2) is 5.79 Å². The van der Waals surface area contributed by atoms with Crippen LogP contribution in [0.2, 0.25) is 0 Å². The van der Waals surface area contributed by atoms with Gasteiger partial charge in [0.05, 0.1) is 19.1 Å². The van der Waals surface area contributed by atoms with E-state index in [9.17, 15) is 0 Å². The summed E-state index contributed by atoms with van der Waals surface area (Å²) in [6.45, 7) is 3.36. The molecule has 0 unspecified atom stereocenters. The molecular formula is C6H11NO2. The van der Waals surface area contributed by atoms with Crippen molar-refractivity contribution in [1.29, 1.82) is 5.26 Å². The molecule has 0 saturated heterocycles. The maximum absolute atomic E-state index is 8.91. The Morgan fingerprint density at radius 2 is 2.22 bits per heavy atom. The molecule has 9 heavy (non-hydrogen) atoms. The minimum atomic E-state index is -1.10. The first-order chi connectivity index (χ1) is 4.06. The molecule has 0 aliphatic carbocycles. The fraction of sp³-hybridized carbons (Fsp3) is 0.833. The smallest absolute Gasteiger partial charge is 0.159 e. The molecule has 3 nitrogen and oxygen atoms in total. The average Bonchev–Trinajstić information content (AvgIpc) is 1.63. The van der Waals surface area contributed by atoms with Crippen molar-refractivity contribution in [1.82, 2.24) is 0 Å². The predicted octanol–water partition coefficient (Wildman–Crippen LogP) is 0.645. The predicted molar refractivity (Wildman–Crippen MR) is 32.5 cm³/mol. The van der Waals surface area contributed by atoms with Gasteiger partial charge in [0.25, 0.3) is 0 Å². The van der Waals surface area contributed by atoms with Crippen molar-refractivity contribution in [3.63, 3.8) is 0 Å². The Morgan fingerprint density at radius 1 is 1.67 bits per heavy atom. The van der Waals surface area contributed by atoms with Gasteiger partial charge in [-0.3, -0.25) is 0 Å². The molecule has 1 N–H and O–H groups in total. The highest BCUT2D eigenvalue weighted by Crippen LogP contribution is 2.02. The van der Waals surface area contributed by atoms with E-state index in [0.29, 0.717) is 13.0 Å². The first kappa shape index (κ1) is 8.41. The van der Waals surface area contributed by atoms with Crippen LogP contribution in [0.1, 0.15) is 20.3 Å². The molecule has 0 atom stereocenters. The zero-order valence-electron chi connectivity index (χ0n) is 5.72. The van der Waals surface area contributed by atoms with Crippen LogP contribution >= 0.6 is 0 Å². The number of nitriles is 1. The van der Waals surface area contributed by atoms with Crippen molar-refractivity contribution in [2.75, 3.05) is 6.61 Å². The minimum absolute atomic E-state index is 0.292. The van der Waals surface area contributed by atoms with Crippen LogP contribution in [-0.4, -0.2) is 17.5 Å². The topological polar surface area (TPSA) is 53.2 Å². The molecule has 0 aliphatic heterocycles. The van der Waals surface area contributed by atoms with Gasteiger partial charge in [-0.25, -0.2) is 0 Å². The van der Waals surface area contributed by atoms with E-state index in [1.165, 1.54) is 13.8 Å². The van der Waals surface area contributed by atoms with Gasteiger partial charge in [-0.2, -0.15) is 5.26 Å². The third-order valence-corrected chi connectivity index (χ3v) is 0.669. The van der Waals surface area contributed by atoms with E-state index in [0.717, 1.165) is 0 Å². The Morgan fingerprint density at radius 3 is 2.56 bits per heavy atom. The fourth-order valence-electron chi connectivity index (χ4n) is 0.346. The monoisotopic (exact) mass is 129 g/mol. The van der Waals surface area contributed by atoms with Gasteiger partial charge in [-0.1, -0.05) is 0 Å². The van der Waals surface area contributed by atoms with Crippen LogP contribution < -0.4 is 0 Å². The van der Waals surface area contributed by atoms with E-state index < -0.39 is 5.79 Å². The van der Waals surface area contributed by atoms with Gasteiger partial charge in [-0.15, -0.1) is 0 Å². The lowest BCUT2D eigenvalue weighted by Gasteiger charge is -2.16. The molecule has 0 fully saturated rings. The van der Waals surface area contributed by atoms with Crippen LogP contribution in [0.25, 0.3) is 0 Å². The van der Waals surface area contributed by atoms with E-state index in [1.54, 1.807) is 0 Å². The summed E-state index contributed by atoms with van der Waals surface area (Å²) in [5, 5.41) is 17.0. The second-order valence-electron chi connectivity index (χ2n) is 2.20. The lowest BCUT2D eigenvalue weighted by atomic mass is 10.4. The van der Waals surface area contributed by atoms with Crippen molar-refractivity contribution >= 4 is 0 Å².